The summed E-state index contributed by atoms with van der Waals surface area (Å²) < 4.78 is 34.4. The van der Waals surface area contributed by atoms with Gasteiger partial charge in [0, 0.05) is 31.5 Å². The second-order valence-electron chi connectivity index (χ2n) is 7.15. The van der Waals surface area contributed by atoms with Crippen molar-refractivity contribution < 1.29 is 13.2 Å². The molecule has 11 nitrogen and oxygen atoms in total. The summed E-state index contributed by atoms with van der Waals surface area (Å²) in [7, 11) is 1.01. The van der Waals surface area contributed by atoms with Gasteiger partial charge in [0.2, 0.25) is 10.0 Å². The molecule has 0 bridgehead atoms. The van der Waals surface area contributed by atoms with Gasteiger partial charge in [0.15, 0.2) is 11.2 Å². The first kappa shape index (κ1) is 21.3. The minimum atomic E-state index is -3.48. The molecule has 0 radical (unpaired) electrons. The molecule has 0 spiro atoms. The molecule has 0 atom stereocenters. The van der Waals surface area contributed by atoms with Crippen LogP contribution in [0.1, 0.15) is 0 Å². The number of hydrogen-bond acceptors (Lipinski definition) is 7. The Labute approximate surface area is 182 Å². The molecule has 4 aromatic rings. The maximum Gasteiger partial charge on any atom is 0.332 e. The van der Waals surface area contributed by atoms with Crippen LogP contribution in [0.4, 0.5) is 5.82 Å². The van der Waals surface area contributed by atoms with Gasteiger partial charge < -0.3 is 4.74 Å². The lowest BCUT2D eigenvalue weighted by Crippen LogP contribution is -2.37. The minimum absolute atomic E-state index is 0.145. The molecule has 32 heavy (non-hydrogen) atoms. The van der Waals surface area contributed by atoms with Crippen LogP contribution < -0.4 is 20.7 Å². The van der Waals surface area contributed by atoms with Crippen molar-refractivity contribution in [3.8, 4) is 22.8 Å². The summed E-state index contributed by atoms with van der Waals surface area (Å²) in [6.45, 7) is 0. The third-order valence-corrected chi connectivity index (χ3v) is 5.48. The van der Waals surface area contributed by atoms with Gasteiger partial charge in [0.05, 0.1) is 13.4 Å². The molecule has 1 N–H and O–H groups in total. The molecule has 0 fully saturated rings. The van der Waals surface area contributed by atoms with E-state index < -0.39 is 21.3 Å². The van der Waals surface area contributed by atoms with Gasteiger partial charge >= 0.3 is 5.69 Å². The fourth-order valence-corrected chi connectivity index (χ4v) is 3.85. The maximum atomic E-state index is 13.0. The van der Waals surface area contributed by atoms with Crippen LogP contribution in [0, 0.1) is 0 Å². The summed E-state index contributed by atoms with van der Waals surface area (Å²) in [4.78, 5) is 34.2. The van der Waals surface area contributed by atoms with Crippen LogP contribution in [-0.2, 0) is 24.1 Å². The van der Waals surface area contributed by atoms with Crippen LogP contribution >= 0.6 is 0 Å². The van der Waals surface area contributed by atoms with E-state index in [4.69, 9.17) is 4.74 Å². The predicted octanol–water partition coefficient (Wildman–Crippen LogP) is 0.865. The molecule has 0 aliphatic heterocycles. The van der Waals surface area contributed by atoms with E-state index >= 15 is 0 Å². The van der Waals surface area contributed by atoms with E-state index in [2.05, 4.69) is 14.7 Å². The largest absolute Gasteiger partial charge is 0.497 e. The Hall–Kier alpha value is -3.93. The first-order valence-electron chi connectivity index (χ1n) is 9.38. The normalized spacial score (nSPS) is 11.6. The zero-order valence-electron chi connectivity index (χ0n) is 17.7. The SMILES string of the molecule is COc1ccc(-n2c(-c3ccc(NS(C)(=O)=O)nc3)nc3c2c(=O)n(C)c(=O)n3C)cc1. The van der Waals surface area contributed by atoms with E-state index in [0.29, 0.717) is 22.8 Å². The molecule has 0 amide bonds. The Bertz CT molecular complexity index is 1550. The lowest BCUT2D eigenvalue weighted by molar-refractivity contribution is 0.415. The molecule has 0 unspecified atom stereocenters. The Morgan fingerprint density at radius 3 is 2.25 bits per heavy atom. The number of hydrogen-bond donors (Lipinski definition) is 1. The molecule has 12 heteroatoms. The number of aryl methyl sites for hydroxylation is 1. The molecule has 0 aliphatic carbocycles. The van der Waals surface area contributed by atoms with Gasteiger partial charge in [0.25, 0.3) is 5.56 Å². The van der Waals surface area contributed by atoms with Gasteiger partial charge in [-0.25, -0.2) is 23.2 Å². The maximum absolute atomic E-state index is 13.0. The zero-order chi connectivity index (χ0) is 23.2. The Morgan fingerprint density at radius 1 is 1.00 bits per heavy atom. The number of methoxy groups -OCH3 is 1. The van der Waals surface area contributed by atoms with Crippen LogP contribution in [0.25, 0.3) is 28.2 Å². The molecular formula is C20H20N6O5S. The highest BCUT2D eigenvalue weighted by atomic mass is 32.2. The summed E-state index contributed by atoms with van der Waals surface area (Å²) in [5, 5.41) is 0. The topological polar surface area (TPSA) is 130 Å². The first-order chi connectivity index (χ1) is 15.1. The number of sulfonamides is 1. The number of ether oxygens (including phenoxy) is 1. The number of rotatable bonds is 5. The van der Waals surface area contributed by atoms with E-state index in [1.165, 1.54) is 30.9 Å². The van der Waals surface area contributed by atoms with Crippen molar-refractivity contribution in [3.63, 3.8) is 0 Å². The lowest BCUT2D eigenvalue weighted by Gasteiger charge is -2.11. The summed E-state index contributed by atoms with van der Waals surface area (Å²) >= 11 is 0. The Kier molecular flexibility index (Phi) is 5.09. The summed E-state index contributed by atoms with van der Waals surface area (Å²) in [6.07, 6.45) is 2.47. The third kappa shape index (κ3) is 3.64. The van der Waals surface area contributed by atoms with Crippen molar-refractivity contribution in [2.75, 3.05) is 18.1 Å². The van der Waals surface area contributed by atoms with Crippen molar-refractivity contribution in [1.29, 1.82) is 0 Å². The lowest BCUT2D eigenvalue weighted by atomic mass is 10.2. The number of nitrogens with one attached hydrogen (secondary N) is 1. The fourth-order valence-electron chi connectivity index (χ4n) is 3.35. The highest BCUT2D eigenvalue weighted by Crippen LogP contribution is 2.27. The number of benzene rings is 1. The van der Waals surface area contributed by atoms with Gasteiger partial charge in [-0.15, -0.1) is 0 Å². The van der Waals surface area contributed by atoms with Crippen LogP contribution in [-0.4, -0.2) is 45.5 Å². The van der Waals surface area contributed by atoms with Crippen molar-refractivity contribution in [1.82, 2.24) is 23.7 Å². The van der Waals surface area contributed by atoms with Crippen LogP contribution in [0.5, 0.6) is 5.75 Å². The average molecular weight is 456 g/mol. The standard InChI is InChI=1S/C20H20N6O5S/c1-24-18-16(19(27)25(2)20(24)28)26(13-6-8-14(31-3)9-7-13)17(22-18)12-5-10-15(21-11-12)23-32(4,29)30/h5-11H,1-4H3,(H,21,23). The number of aromatic nitrogens is 5. The molecule has 3 heterocycles. The molecule has 4 rings (SSSR count). The monoisotopic (exact) mass is 456 g/mol. The van der Waals surface area contributed by atoms with E-state index in [1.54, 1.807) is 42.0 Å². The van der Waals surface area contributed by atoms with Crippen molar-refractivity contribution in [2.45, 2.75) is 0 Å². The van der Waals surface area contributed by atoms with Gasteiger partial charge in [-0.2, -0.15) is 0 Å². The first-order valence-corrected chi connectivity index (χ1v) is 11.3. The second-order valence-corrected chi connectivity index (χ2v) is 8.90. The molecule has 0 saturated heterocycles. The zero-order valence-corrected chi connectivity index (χ0v) is 18.5. The van der Waals surface area contributed by atoms with E-state index in [1.807, 2.05) is 0 Å². The van der Waals surface area contributed by atoms with E-state index in [9.17, 15) is 18.0 Å². The number of pyridine rings is 1. The molecular weight excluding hydrogens is 436 g/mol. The van der Waals surface area contributed by atoms with Crippen LogP contribution in [0.15, 0.2) is 52.2 Å². The molecule has 1 aromatic carbocycles. The summed E-state index contributed by atoms with van der Waals surface area (Å²) in [6, 6.07) is 10.1. The molecule has 0 saturated carbocycles. The third-order valence-electron chi connectivity index (χ3n) is 4.90. The van der Waals surface area contributed by atoms with Crippen molar-refractivity contribution >= 4 is 27.0 Å². The molecule has 166 valence electrons. The van der Waals surface area contributed by atoms with Crippen molar-refractivity contribution in [2.24, 2.45) is 14.1 Å². The van der Waals surface area contributed by atoms with Crippen LogP contribution in [0.3, 0.4) is 0 Å². The van der Waals surface area contributed by atoms with Crippen LogP contribution in [0.2, 0.25) is 0 Å². The molecule has 0 aliphatic rings. The van der Waals surface area contributed by atoms with Gasteiger partial charge in [-0.3, -0.25) is 23.2 Å². The smallest absolute Gasteiger partial charge is 0.332 e. The quantitative estimate of drug-likeness (QED) is 0.471. The number of imidazole rings is 1. The summed E-state index contributed by atoms with van der Waals surface area (Å²) in [5.41, 5.74) is 0.568. The average Bonchev–Trinajstić information content (AvgIpc) is 3.16. The van der Waals surface area contributed by atoms with E-state index in [-0.39, 0.29) is 17.0 Å². The van der Waals surface area contributed by atoms with Gasteiger partial charge in [-0.05, 0) is 36.4 Å². The number of anilines is 1. The fraction of sp³-hybridized carbons (Fsp3) is 0.200. The van der Waals surface area contributed by atoms with Gasteiger partial charge in [0.1, 0.15) is 17.4 Å². The number of nitrogens with zero attached hydrogens (tertiary/aromatic N) is 5. The Morgan fingerprint density at radius 2 is 1.69 bits per heavy atom. The summed E-state index contributed by atoms with van der Waals surface area (Å²) in [5.74, 6) is 1.14. The number of fused-ring (bicyclic) bond motifs is 1. The molecule has 3 aromatic heterocycles. The van der Waals surface area contributed by atoms with Gasteiger partial charge in [-0.1, -0.05) is 0 Å². The minimum Gasteiger partial charge on any atom is -0.497 e. The highest BCUT2D eigenvalue weighted by Gasteiger charge is 2.21. The Balaban J connectivity index is 2.02. The highest BCUT2D eigenvalue weighted by molar-refractivity contribution is 7.92. The van der Waals surface area contributed by atoms with Crippen molar-refractivity contribution in [3.05, 3.63) is 63.4 Å². The second kappa shape index (κ2) is 7.64. The predicted molar refractivity (Wildman–Crippen MR) is 120 cm³/mol. The van der Waals surface area contributed by atoms with E-state index in [0.717, 1.165) is 10.8 Å².